The Bertz CT molecular complexity index is 1740. The Balaban J connectivity index is 4.88. The lowest BCUT2D eigenvalue weighted by Crippen LogP contribution is -2.32. The molecule has 0 aliphatic carbocycles. The lowest BCUT2D eigenvalue weighted by Gasteiger charge is -2.22. The third-order valence-electron chi connectivity index (χ3n) is 14.6. The molecule has 0 saturated heterocycles. The van der Waals surface area contributed by atoms with Crippen LogP contribution < -0.4 is 0 Å². The highest BCUT2D eigenvalue weighted by atomic mass is 32.2. The highest BCUT2D eigenvalue weighted by Crippen LogP contribution is 2.18. The predicted octanol–water partition coefficient (Wildman–Crippen LogP) is 13.2. The van der Waals surface area contributed by atoms with E-state index in [1.165, 1.54) is 127 Å². The number of nitrogens with zero attached hydrogens (tertiary/aromatic N) is 2. The van der Waals surface area contributed by atoms with E-state index < -0.39 is 35.8 Å². The van der Waals surface area contributed by atoms with Gasteiger partial charge in [0, 0.05) is 61.5 Å². The summed E-state index contributed by atoms with van der Waals surface area (Å²) < 4.78 is 42.8. The molecule has 0 fully saturated rings. The number of ether oxygens (including phenoxy) is 8. The number of rotatable bonds is 64. The lowest BCUT2D eigenvalue weighted by atomic mass is 10.1. The lowest BCUT2D eigenvalue weighted by molar-refractivity contribution is -0.154. The molecule has 18 nitrogen and oxygen atoms in total. The van der Waals surface area contributed by atoms with Gasteiger partial charge in [0.25, 0.3) is 0 Å². The summed E-state index contributed by atoms with van der Waals surface area (Å²) in [6.45, 7) is 17.8. The number of hydrogen-bond acceptors (Lipinski definition) is 22. The molecule has 0 saturated carbocycles. The predicted molar refractivity (Wildman–Crippen MR) is 365 cm³/mol. The van der Waals surface area contributed by atoms with Gasteiger partial charge >= 0.3 is 47.8 Å². The molecule has 520 valence electrons. The van der Waals surface area contributed by atoms with Crippen molar-refractivity contribution in [3.63, 3.8) is 0 Å². The quantitative estimate of drug-likeness (QED) is 0.0314. The van der Waals surface area contributed by atoms with Gasteiger partial charge in [0.2, 0.25) is 0 Å². The number of unbranched alkanes of at least 4 members (excludes halogenated alkanes) is 18. The van der Waals surface area contributed by atoms with Crippen LogP contribution in [0.4, 0.5) is 0 Å². The number of esters is 8. The summed E-state index contributed by atoms with van der Waals surface area (Å²) in [5, 5.41) is 0. The molecular formula is C67H122N2O16S4. The van der Waals surface area contributed by atoms with E-state index in [2.05, 4.69) is 13.8 Å². The minimum atomic E-state index is -0.467. The van der Waals surface area contributed by atoms with Crippen LogP contribution in [0.3, 0.4) is 0 Å². The van der Waals surface area contributed by atoms with Gasteiger partial charge in [-0.05, 0) is 43.1 Å². The Labute approximate surface area is 555 Å². The second kappa shape index (κ2) is 62.5. The van der Waals surface area contributed by atoms with Crippen LogP contribution in [0.15, 0.2) is 0 Å². The van der Waals surface area contributed by atoms with Gasteiger partial charge in [0.05, 0.1) is 49.4 Å². The Morgan fingerprint density at radius 1 is 0.281 bits per heavy atom. The highest BCUT2D eigenvalue weighted by molar-refractivity contribution is 7.99. The third kappa shape index (κ3) is 55.3. The van der Waals surface area contributed by atoms with Crippen LogP contribution in [0.5, 0.6) is 0 Å². The zero-order valence-electron chi connectivity index (χ0n) is 56.6. The fourth-order valence-electron chi connectivity index (χ4n) is 8.96. The molecule has 0 rings (SSSR count). The van der Waals surface area contributed by atoms with E-state index in [1.807, 2.05) is 44.4 Å². The highest BCUT2D eigenvalue weighted by Gasteiger charge is 2.20. The standard InChI is InChI=1S/C67H122N2O16S4/c1-9-13-15-17-19-21-23-25-27-29-49-87-53-57(6)65(75)83-46-43-80-62(72)33-38-69(39-34-63(73)81-44-47-84-66(76)58(7)54-88-50-30-28-26-24-22-20-18-16-14-10-2)40-51-89-55-59(8)67(77)85-48-42-79-61(71)32-37-68(35-11-3)36-31-60(70)78-41-45-82-64(74)56(5)52-86-12-4/h56-59H,9-55H2,1-8H3. The SMILES string of the molecule is CCCCCCCCCCCCSCC(C)C(=O)OCCOC(=O)CCN(CCSCC(C)C(=O)OCCOC(=O)CCN(CCC)CCC(=O)OCCOC(=O)C(C)CSCC)CCC(=O)OCCOC(=O)C(C)CSCCCCCCCCCCCC. The second-order valence-corrected chi connectivity index (χ2v) is 27.9. The van der Waals surface area contributed by atoms with Gasteiger partial charge in [0.15, 0.2) is 0 Å². The Morgan fingerprint density at radius 2 is 0.528 bits per heavy atom. The molecule has 0 aliphatic heterocycles. The summed E-state index contributed by atoms with van der Waals surface area (Å²) in [5.41, 5.74) is 0. The molecule has 0 aromatic heterocycles. The van der Waals surface area contributed by atoms with Crippen LogP contribution in [-0.2, 0) is 76.3 Å². The van der Waals surface area contributed by atoms with Gasteiger partial charge in [-0.15, -0.1) is 0 Å². The molecule has 0 spiro atoms. The average Bonchev–Trinajstić information content (AvgIpc) is 3.53. The van der Waals surface area contributed by atoms with Crippen molar-refractivity contribution in [3.05, 3.63) is 0 Å². The van der Waals surface area contributed by atoms with Crippen molar-refractivity contribution < 1.29 is 76.3 Å². The largest absolute Gasteiger partial charge is 0.462 e. The van der Waals surface area contributed by atoms with Crippen molar-refractivity contribution in [2.75, 3.05) is 138 Å². The summed E-state index contributed by atoms with van der Waals surface area (Å²) in [6, 6.07) is 0. The fraction of sp³-hybridized carbons (Fsp3) is 0.881. The topological polar surface area (TPSA) is 217 Å². The third-order valence-corrected chi connectivity index (χ3v) is 19.5. The van der Waals surface area contributed by atoms with Crippen molar-refractivity contribution >= 4 is 94.8 Å². The van der Waals surface area contributed by atoms with E-state index in [-0.39, 0.29) is 127 Å². The van der Waals surface area contributed by atoms with E-state index in [4.69, 9.17) is 37.9 Å². The molecule has 0 aliphatic rings. The fourth-order valence-corrected chi connectivity index (χ4v) is 12.9. The molecule has 0 heterocycles. The van der Waals surface area contributed by atoms with Gasteiger partial charge in [-0.25, -0.2) is 0 Å². The first-order chi connectivity index (χ1) is 43.1. The van der Waals surface area contributed by atoms with Crippen LogP contribution in [0.2, 0.25) is 0 Å². The summed E-state index contributed by atoms with van der Waals surface area (Å²) in [5.74, 6) is 1.59. The Hall–Kier alpha value is -2.92. The van der Waals surface area contributed by atoms with Crippen LogP contribution in [0, 0.1) is 23.7 Å². The second-order valence-electron chi connectivity index (χ2n) is 23.1. The summed E-state index contributed by atoms with van der Waals surface area (Å²) in [6.07, 6.45) is 26.9. The van der Waals surface area contributed by atoms with Crippen molar-refractivity contribution in [1.82, 2.24) is 9.80 Å². The van der Waals surface area contributed by atoms with Crippen molar-refractivity contribution in [2.45, 2.75) is 216 Å². The van der Waals surface area contributed by atoms with E-state index in [9.17, 15) is 38.4 Å². The zero-order valence-corrected chi connectivity index (χ0v) is 59.9. The number of thioether (sulfide) groups is 4. The van der Waals surface area contributed by atoms with Gasteiger partial charge in [-0.2, -0.15) is 47.0 Å². The van der Waals surface area contributed by atoms with Crippen LogP contribution in [0.1, 0.15) is 216 Å². The summed E-state index contributed by atoms with van der Waals surface area (Å²) in [7, 11) is 0. The van der Waals surface area contributed by atoms with Crippen LogP contribution in [0.25, 0.3) is 0 Å². The molecule has 0 bridgehead atoms. The molecule has 0 aromatic carbocycles. The Morgan fingerprint density at radius 3 is 0.809 bits per heavy atom. The van der Waals surface area contributed by atoms with E-state index in [0.717, 1.165) is 36.5 Å². The minimum Gasteiger partial charge on any atom is -0.462 e. The van der Waals surface area contributed by atoms with Crippen molar-refractivity contribution in [1.29, 1.82) is 0 Å². The molecule has 0 aromatic rings. The maximum Gasteiger partial charge on any atom is 0.309 e. The van der Waals surface area contributed by atoms with Gasteiger partial charge in [0.1, 0.15) is 52.9 Å². The van der Waals surface area contributed by atoms with Crippen LogP contribution in [-0.4, -0.2) is 196 Å². The smallest absolute Gasteiger partial charge is 0.309 e. The monoisotopic (exact) mass is 1340 g/mol. The summed E-state index contributed by atoms with van der Waals surface area (Å²) in [4.78, 5) is 105. The zero-order chi connectivity index (χ0) is 65.8. The van der Waals surface area contributed by atoms with E-state index >= 15 is 0 Å². The maximum absolute atomic E-state index is 12.9. The first kappa shape index (κ1) is 86.1. The van der Waals surface area contributed by atoms with Gasteiger partial charge in [-0.1, -0.05) is 171 Å². The molecule has 0 amide bonds. The molecule has 22 heteroatoms. The normalized spacial score (nSPS) is 12.7. The van der Waals surface area contributed by atoms with Crippen LogP contribution >= 0.6 is 47.0 Å². The molecule has 4 atom stereocenters. The number of carbonyl (C=O) groups is 8. The minimum absolute atomic E-state index is 0.000225. The summed E-state index contributed by atoms with van der Waals surface area (Å²) >= 11 is 6.71. The first-order valence-corrected chi connectivity index (χ1v) is 38.7. The molecule has 89 heavy (non-hydrogen) atoms. The number of carbonyl (C=O) groups excluding carboxylic acids is 8. The average molecular weight is 1340 g/mol. The van der Waals surface area contributed by atoms with Gasteiger partial charge < -0.3 is 47.7 Å². The first-order valence-electron chi connectivity index (χ1n) is 34.1. The molecular weight excluding hydrogens is 1220 g/mol. The molecule has 4 unspecified atom stereocenters. The molecule has 0 radical (unpaired) electrons. The maximum atomic E-state index is 12.9. The van der Waals surface area contributed by atoms with Gasteiger partial charge in [-0.3, -0.25) is 38.4 Å². The number of hydrogen-bond donors (Lipinski definition) is 0. The van der Waals surface area contributed by atoms with E-state index in [0.29, 0.717) is 54.9 Å². The Kier molecular flexibility index (Phi) is 60.5. The van der Waals surface area contributed by atoms with Crippen molar-refractivity contribution in [3.8, 4) is 0 Å². The molecule has 0 N–H and O–H groups in total. The van der Waals surface area contributed by atoms with Crippen molar-refractivity contribution in [2.24, 2.45) is 23.7 Å². The van der Waals surface area contributed by atoms with E-state index in [1.54, 1.807) is 42.2 Å².